The van der Waals surface area contributed by atoms with Gasteiger partial charge in [-0.15, -0.1) is 0 Å². The van der Waals surface area contributed by atoms with Crippen molar-refractivity contribution in [2.75, 3.05) is 39.6 Å². The molecule has 0 aromatic rings. The van der Waals surface area contributed by atoms with Crippen molar-refractivity contribution in [2.45, 2.75) is 452 Å². The van der Waals surface area contributed by atoms with E-state index < -0.39 is 97.5 Å². The summed E-state index contributed by atoms with van der Waals surface area (Å²) in [7, 11) is -9.92. The summed E-state index contributed by atoms with van der Waals surface area (Å²) in [5.74, 6) is -0.490. The molecule has 0 amide bonds. The van der Waals surface area contributed by atoms with Crippen LogP contribution in [0.4, 0.5) is 0 Å². The highest BCUT2D eigenvalue weighted by Crippen LogP contribution is 2.45. The summed E-state index contributed by atoms with van der Waals surface area (Å²) in [6.07, 6.45) is 63.7. The monoisotopic (exact) mass is 1480 g/mol. The Balaban J connectivity index is 5.23. The third kappa shape index (κ3) is 76.1. The van der Waals surface area contributed by atoms with Gasteiger partial charge in [0, 0.05) is 25.7 Å². The lowest BCUT2D eigenvalue weighted by molar-refractivity contribution is -0.161. The minimum absolute atomic E-state index is 0.108. The maximum Gasteiger partial charge on any atom is 0.472 e. The van der Waals surface area contributed by atoms with E-state index in [4.69, 9.17) is 37.0 Å². The molecule has 101 heavy (non-hydrogen) atoms. The molecule has 19 heteroatoms. The van der Waals surface area contributed by atoms with E-state index in [1.807, 2.05) is 0 Å². The summed E-state index contributed by atoms with van der Waals surface area (Å²) >= 11 is 0. The molecule has 17 nitrogen and oxygen atoms in total. The van der Waals surface area contributed by atoms with Gasteiger partial charge in [-0.3, -0.25) is 37.3 Å². The molecule has 600 valence electrons. The number of phosphoric ester groups is 2. The van der Waals surface area contributed by atoms with E-state index in [1.54, 1.807) is 0 Å². The molecule has 0 aromatic heterocycles. The molecule has 0 spiro atoms. The van der Waals surface area contributed by atoms with E-state index in [9.17, 15) is 43.2 Å². The van der Waals surface area contributed by atoms with Crippen molar-refractivity contribution >= 4 is 39.5 Å². The van der Waals surface area contributed by atoms with Gasteiger partial charge in [0.05, 0.1) is 26.4 Å². The number of carbonyl (C=O) groups is 4. The molecule has 0 saturated heterocycles. The zero-order valence-electron chi connectivity index (χ0n) is 66.2. The second-order valence-electron chi connectivity index (χ2n) is 30.5. The van der Waals surface area contributed by atoms with Crippen molar-refractivity contribution in [3.8, 4) is 0 Å². The first-order valence-electron chi connectivity index (χ1n) is 42.5. The highest BCUT2D eigenvalue weighted by atomic mass is 31.2. The molecule has 0 bridgehead atoms. The van der Waals surface area contributed by atoms with E-state index in [-0.39, 0.29) is 25.7 Å². The van der Waals surface area contributed by atoms with Crippen molar-refractivity contribution < 1.29 is 80.2 Å². The van der Waals surface area contributed by atoms with Crippen LogP contribution < -0.4 is 0 Å². The van der Waals surface area contributed by atoms with Crippen LogP contribution in [0.5, 0.6) is 0 Å². The lowest BCUT2D eigenvalue weighted by atomic mass is 10.0. The maximum absolute atomic E-state index is 13.1. The molecule has 0 saturated carbocycles. The molecule has 0 aliphatic rings. The van der Waals surface area contributed by atoms with Crippen LogP contribution in [0.3, 0.4) is 0 Å². The Morgan fingerprint density at radius 3 is 0.673 bits per heavy atom. The van der Waals surface area contributed by atoms with Crippen molar-refractivity contribution in [1.82, 2.24) is 0 Å². The van der Waals surface area contributed by atoms with Gasteiger partial charge in [-0.25, -0.2) is 9.13 Å². The van der Waals surface area contributed by atoms with Crippen LogP contribution in [-0.4, -0.2) is 96.7 Å². The Labute approximate surface area is 619 Å². The summed E-state index contributed by atoms with van der Waals surface area (Å²) < 4.78 is 68.7. The van der Waals surface area contributed by atoms with E-state index in [0.29, 0.717) is 25.7 Å². The second-order valence-corrected chi connectivity index (χ2v) is 33.4. The lowest BCUT2D eigenvalue weighted by Crippen LogP contribution is -2.30. The number of hydrogen-bond acceptors (Lipinski definition) is 15. The summed E-state index contributed by atoms with van der Waals surface area (Å²) in [5.41, 5.74) is 0. The molecule has 3 N–H and O–H groups in total. The van der Waals surface area contributed by atoms with Gasteiger partial charge >= 0.3 is 39.5 Å². The fourth-order valence-corrected chi connectivity index (χ4v) is 14.3. The van der Waals surface area contributed by atoms with Gasteiger partial charge in [0.1, 0.15) is 19.3 Å². The van der Waals surface area contributed by atoms with Crippen molar-refractivity contribution in [3.05, 3.63) is 0 Å². The lowest BCUT2D eigenvalue weighted by Gasteiger charge is -2.21. The molecule has 0 aliphatic heterocycles. The van der Waals surface area contributed by atoms with E-state index >= 15 is 0 Å². The first-order valence-corrected chi connectivity index (χ1v) is 45.5. The number of esters is 4. The molecule has 0 heterocycles. The topological polar surface area (TPSA) is 237 Å². The normalized spacial score (nSPS) is 13.9. The standard InChI is InChI=1S/C82H160O17P2/c1-7-9-11-13-15-17-19-20-30-36-42-48-54-60-66-81(86)98-77(70-92-79(84)64-58-52-46-40-18-16-14-12-10-8-2)72-96-100(88,89)94-68-76(83)69-95-101(90,91)97-73-78(71-93-80(85)65-59-53-47-41-35-31-27-23-25-29-34-39-45-51-57-63-75(5)6)99-82(87)67-61-55-49-43-37-32-26-22-21-24-28-33-38-44-50-56-62-74(3)4/h74-78,83H,7-73H2,1-6H3,(H,88,89)(H,90,91)/t76-,77+,78+/m0/s1. The van der Waals surface area contributed by atoms with Gasteiger partial charge in [0.25, 0.3) is 0 Å². The molecular weight excluding hydrogens is 1320 g/mol. The van der Waals surface area contributed by atoms with Crippen LogP contribution in [0.2, 0.25) is 0 Å². The van der Waals surface area contributed by atoms with Gasteiger partial charge in [0.2, 0.25) is 0 Å². The smallest absolute Gasteiger partial charge is 0.462 e. The van der Waals surface area contributed by atoms with Gasteiger partial charge < -0.3 is 33.8 Å². The van der Waals surface area contributed by atoms with Gasteiger partial charge in [-0.1, -0.05) is 382 Å². The molecule has 0 fully saturated rings. The SMILES string of the molecule is CCCCCCCCCCCCCCCCC(=O)O[C@H](COC(=O)CCCCCCCCCCCC)COP(=O)(O)OC[C@H](O)COP(=O)(O)OC[C@@H](COC(=O)CCCCCCCCCCCCCCCCCC(C)C)OC(=O)CCCCCCCCCCCCCCCCCCC(C)C. The van der Waals surface area contributed by atoms with E-state index in [1.165, 1.54) is 250 Å². The molecule has 0 aromatic carbocycles. The Hall–Kier alpha value is -1.94. The number of aliphatic hydroxyl groups is 1. The van der Waals surface area contributed by atoms with Gasteiger partial charge in [-0.05, 0) is 37.5 Å². The minimum atomic E-state index is -4.96. The minimum Gasteiger partial charge on any atom is -0.462 e. The molecule has 2 unspecified atom stereocenters. The maximum atomic E-state index is 13.1. The van der Waals surface area contributed by atoms with E-state index in [0.717, 1.165) is 102 Å². The predicted molar refractivity (Wildman–Crippen MR) is 414 cm³/mol. The average molecular weight is 1480 g/mol. The number of aliphatic hydroxyl groups excluding tert-OH is 1. The number of phosphoric acid groups is 2. The Bertz CT molecular complexity index is 1940. The summed E-state index contributed by atoms with van der Waals surface area (Å²) in [4.78, 5) is 73.0. The highest BCUT2D eigenvalue weighted by molar-refractivity contribution is 7.47. The van der Waals surface area contributed by atoms with Crippen LogP contribution >= 0.6 is 15.6 Å². The van der Waals surface area contributed by atoms with Crippen LogP contribution in [0, 0.1) is 11.8 Å². The predicted octanol–water partition coefficient (Wildman–Crippen LogP) is 24.7. The number of carbonyl (C=O) groups excluding carboxylic acids is 4. The number of hydrogen-bond donors (Lipinski definition) is 3. The largest absolute Gasteiger partial charge is 0.472 e. The number of unbranched alkanes of at least 4 members (excludes halogenated alkanes) is 51. The third-order valence-corrected chi connectivity index (χ3v) is 21.1. The first kappa shape index (κ1) is 99.1. The van der Waals surface area contributed by atoms with Crippen molar-refractivity contribution in [3.63, 3.8) is 0 Å². The van der Waals surface area contributed by atoms with Crippen LogP contribution in [0.1, 0.15) is 433 Å². The van der Waals surface area contributed by atoms with Crippen LogP contribution in [0.15, 0.2) is 0 Å². The molecular formula is C82H160O17P2. The third-order valence-electron chi connectivity index (χ3n) is 19.2. The number of ether oxygens (including phenoxy) is 4. The van der Waals surface area contributed by atoms with Gasteiger partial charge in [0.15, 0.2) is 12.2 Å². The Morgan fingerprint density at radius 1 is 0.267 bits per heavy atom. The molecule has 0 radical (unpaired) electrons. The fraction of sp³-hybridized carbons (Fsp3) is 0.951. The molecule has 0 rings (SSSR count). The van der Waals surface area contributed by atoms with Crippen molar-refractivity contribution in [2.24, 2.45) is 11.8 Å². The van der Waals surface area contributed by atoms with Crippen LogP contribution in [-0.2, 0) is 65.4 Å². The average Bonchev–Trinajstić information content (AvgIpc) is 1.23. The van der Waals surface area contributed by atoms with Crippen molar-refractivity contribution in [1.29, 1.82) is 0 Å². The fourth-order valence-electron chi connectivity index (χ4n) is 12.7. The summed E-state index contributed by atoms with van der Waals surface area (Å²) in [6, 6.07) is 0. The second kappa shape index (κ2) is 73.6. The van der Waals surface area contributed by atoms with E-state index in [2.05, 4.69) is 41.5 Å². The highest BCUT2D eigenvalue weighted by Gasteiger charge is 2.30. The quantitative estimate of drug-likeness (QED) is 0.0222. The number of rotatable bonds is 81. The van der Waals surface area contributed by atoms with Crippen LogP contribution in [0.25, 0.3) is 0 Å². The zero-order valence-corrected chi connectivity index (χ0v) is 68.0. The van der Waals surface area contributed by atoms with Gasteiger partial charge in [-0.2, -0.15) is 0 Å². The first-order chi connectivity index (χ1) is 48.9. The molecule has 0 aliphatic carbocycles. The Kier molecular flexibility index (Phi) is 72.2. The summed E-state index contributed by atoms with van der Waals surface area (Å²) in [6.45, 7) is 9.70. The molecule has 5 atom stereocenters. The summed E-state index contributed by atoms with van der Waals surface area (Å²) in [5, 5.41) is 10.6. The Morgan fingerprint density at radius 2 is 0.455 bits per heavy atom. The zero-order chi connectivity index (χ0) is 74.2.